The number of hydroxylamine groups is 1. The van der Waals surface area contributed by atoms with Crippen LogP contribution < -0.4 is 14.7 Å². The van der Waals surface area contributed by atoms with Gasteiger partial charge in [0.05, 0.1) is 24.0 Å². The summed E-state index contributed by atoms with van der Waals surface area (Å²) in [6, 6.07) is 23.9. The molecule has 2 saturated heterocycles. The molecule has 0 aromatic heterocycles. The summed E-state index contributed by atoms with van der Waals surface area (Å²) in [7, 11) is 0. The van der Waals surface area contributed by atoms with Crippen molar-refractivity contribution in [2.45, 2.75) is 19.1 Å². The molecule has 0 aliphatic carbocycles. The third-order valence-electron chi connectivity index (χ3n) is 5.72. The number of carbonyl (C=O) groups excluding carboxylic acids is 2. The van der Waals surface area contributed by atoms with E-state index in [0.29, 0.717) is 18.0 Å². The molecule has 5 rings (SSSR count). The minimum absolute atomic E-state index is 0.296. The Bertz CT molecular complexity index is 1170. The molecule has 0 N–H and O–H groups in total. The average Bonchev–Trinajstić information content (AvgIpc) is 3.31. The second kappa shape index (κ2) is 8.41. The summed E-state index contributed by atoms with van der Waals surface area (Å²) in [6.45, 7) is 2.29. The zero-order valence-electron chi connectivity index (χ0n) is 17.4. The molecule has 162 valence electrons. The molecule has 3 atom stereocenters. The molecular weight excluding hydrogens is 472 g/mol. The van der Waals surface area contributed by atoms with Gasteiger partial charge in [0.25, 0.3) is 5.91 Å². The maximum absolute atomic E-state index is 13.7. The van der Waals surface area contributed by atoms with E-state index in [1.807, 2.05) is 67.6 Å². The van der Waals surface area contributed by atoms with Gasteiger partial charge >= 0.3 is 0 Å². The average molecular weight is 493 g/mol. The number of fused-ring (bicyclic) bond motifs is 1. The Hall–Kier alpha value is -3.16. The summed E-state index contributed by atoms with van der Waals surface area (Å²) in [6.07, 6.45) is -0.915. The van der Waals surface area contributed by atoms with Gasteiger partial charge in [-0.05, 0) is 48.9 Å². The van der Waals surface area contributed by atoms with Crippen LogP contribution in [0.1, 0.15) is 18.5 Å². The lowest BCUT2D eigenvalue weighted by Gasteiger charge is -2.29. The molecule has 0 bridgehead atoms. The number of hydrogen-bond acceptors (Lipinski definition) is 5. The number of carbonyl (C=O) groups is 2. The largest absolute Gasteiger partial charge is 0.492 e. The van der Waals surface area contributed by atoms with Crippen LogP contribution in [0, 0.1) is 5.92 Å². The lowest BCUT2D eigenvalue weighted by atomic mass is 9.90. The highest BCUT2D eigenvalue weighted by Gasteiger charge is 2.60. The zero-order chi connectivity index (χ0) is 22.2. The number of amides is 2. The van der Waals surface area contributed by atoms with Crippen molar-refractivity contribution in [2.75, 3.05) is 16.6 Å². The summed E-state index contributed by atoms with van der Waals surface area (Å²) in [5, 5.41) is 1.69. The summed E-state index contributed by atoms with van der Waals surface area (Å²) in [4.78, 5) is 34.6. The van der Waals surface area contributed by atoms with Crippen molar-refractivity contribution in [3.8, 4) is 5.75 Å². The molecular formula is C25H21BrN2O4. The number of ether oxygens (including phenoxy) is 1. The number of halogens is 1. The first-order valence-electron chi connectivity index (χ1n) is 10.5. The van der Waals surface area contributed by atoms with Crippen molar-refractivity contribution in [1.82, 2.24) is 0 Å². The third kappa shape index (κ3) is 3.38. The van der Waals surface area contributed by atoms with Crippen molar-refractivity contribution in [2.24, 2.45) is 5.92 Å². The highest BCUT2D eigenvalue weighted by molar-refractivity contribution is 9.10. The molecule has 0 unspecified atom stereocenters. The van der Waals surface area contributed by atoms with Crippen molar-refractivity contribution < 1.29 is 19.2 Å². The van der Waals surface area contributed by atoms with Crippen LogP contribution in [0.5, 0.6) is 5.75 Å². The van der Waals surface area contributed by atoms with Gasteiger partial charge in [0.2, 0.25) is 5.91 Å². The predicted octanol–water partition coefficient (Wildman–Crippen LogP) is 4.90. The summed E-state index contributed by atoms with van der Waals surface area (Å²) in [5.41, 5.74) is 2.12. The smallest absolute Gasteiger partial charge is 0.266 e. The maximum Gasteiger partial charge on any atom is 0.266 e. The van der Waals surface area contributed by atoms with E-state index in [-0.39, 0.29) is 11.8 Å². The number of anilines is 2. The summed E-state index contributed by atoms with van der Waals surface area (Å²) in [5.74, 6) is -0.872. The van der Waals surface area contributed by atoms with Gasteiger partial charge in [-0.2, -0.15) is 0 Å². The minimum Gasteiger partial charge on any atom is -0.492 e. The van der Waals surface area contributed by atoms with Crippen LogP contribution in [0.15, 0.2) is 83.3 Å². The van der Waals surface area contributed by atoms with Crippen LogP contribution in [-0.2, 0) is 14.4 Å². The van der Waals surface area contributed by atoms with Gasteiger partial charge in [0, 0.05) is 4.47 Å². The van der Waals surface area contributed by atoms with Crippen LogP contribution in [-0.4, -0.2) is 24.5 Å². The first-order chi connectivity index (χ1) is 15.6. The molecule has 2 aliphatic rings. The van der Waals surface area contributed by atoms with Gasteiger partial charge in [-0.1, -0.05) is 58.4 Å². The van der Waals surface area contributed by atoms with Gasteiger partial charge in [-0.15, -0.1) is 0 Å². The highest BCUT2D eigenvalue weighted by atomic mass is 79.9. The van der Waals surface area contributed by atoms with Gasteiger partial charge in [0.15, 0.2) is 6.10 Å². The van der Waals surface area contributed by atoms with E-state index in [2.05, 4.69) is 15.9 Å². The lowest BCUT2D eigenvalue weighted by molar-refractivity contribution is -0.126. The molecule has 3 aromatic rings. The molecule has 2 fully saturated rings. The number of nitrogens with zero attached hydrogens (tertiary/aromatic N) is 2. The van der Waals surface area contributed by atoms with Gasteiger partial charge in [-0.25, -0.2) is 9.96 Å². The quantitative estimate of drug-likeness (QED) is 0.474. The lowest BCUT2D eigenvalue weighted by Crippen LogP contribution is -2.37. The van der Waals surface area contributed by atoms with E-state index in [1.54, 1.807) is 23.3 Å². The number of hydrogen-bond donors (Lipinski definition) is 0. The van der Waals surface area contributed by atoms with E-state index < -0.39 is 18.1 Å². The SMILES string of the molecule is CCOc1ccccc1N1C(=O)[C@H]2[C@H](ON(c3ccccc3)[C@@H]2c2cccc(Br)c2)C1=O. The molecule has 32 heavy (non-hydrogen) atoms. The fourth-order valence-corrected chi connectivity index (χ4v) is 4.82. The van der Waals surface area contributed by atoms with Crippen LogP contribution in [0.3, 0.4) is 0 Å². The Kier molecular flexibility index (Phi) is 5.45. The van der Waals surface area contributed by atoms with E-state index in [0.717, 1.165) is 15.7 Å². The second-order valence-electron chi connectivity index (χ2n) is 7.63. The number of rotatable bonds is 5. The fourth-order valence-electron chi connectivity index (χ4n) is 4.40. The van der Waals surface area contributed by atoms with E-state index in [4.69, 9.17) is 9.57 Å². The molecule has 6 nitrogen and oxygen atoms in total. The normalized spacial score (nSPS) is 22.4. The van der Waals surface area contributed by atoms with Gasteiger partial charge in [-0.3, -0.25) is 14.4 Å². The fraction of sp³-hybridized carbons (Fsp3) is 0.200. The molecule has 0 radical (unpaired) electrons. The van der Waals surface area contributed by atoms with Crippen LogP contribution >= 0.6 is 15.9 Å². The monoisotopic (exact) mass is 492 g/mol. The predicted molar refractivity (Wildman–Crippen MR) is 124 cm³/mol. The van der Waals surface area contributed by atoms with E-state index in [1.165, 1.54) is 4.90 Å². The van der Waals surface area contributed by atoms with Crippen molar-refractivity contribution >= 4 is 39.1 Å². The van der Waals surface area contributed by atoms with E-state index in [9.17, 15) is 9.59 Å². The Labute approximate surface area is 194 Å². The van der Waals surface area contributed by atoms with Crippen LogP contribution in [0.4, 0.5) is 11.4 Å². The van der Waals surface area contributed by atoms with Crippen molar-refractivity contribution in [3.05, 3.63) is 88.9 Å². The van der Waals surface area contributed by atoms with Crippen molar-refractivity contribution in [1.29, 1.82) is 0 Å². The molecule has 0 spiro atoms. The molecule has 2 heterocycles. The van der Waals surface area contributed by atoms with Crippen LogP contribution in [0.2, 0.25) is 0 Å². The third-order valence-corrected chi connectivity index (χ3v) is 6.22. The van der Waals surface area contributed by atoms with Gasteiger partial charge < -0.3 is 4.74 Å². The molecule has 7 heteroatoms. The Morgan fingerprint density at radius 2 is 1.69 bits per heavy atom. The van der Waals surface area contributed by atoms with Crippen molar-refractivity contribution in [3.63, 3.8) is 0 Å². The molecule has 0 saturated carbocycles. The zero-order valence-corrected chi connectivity index (χ0v) is 18.9. The Morgan fingerprint density at radius 1 is 0.938 bits per heavy atom. The van der Waals surface area contributed by atoms with Crippen LogP contribution in [0.25, 0.3) is 0 Å². The number of para-hydroxylation sites is 3. The number of imide groups is 1. The van der Waals surface area contributed by atoms with E-state index >= 15 is 0 Å². The highest BCUT2D eigenvalue weighted by Crippen LogP contribution is 2.48. The summed E-state index contributed by atoms with van der Waals surface area (Å²) < 4.78 is 6.57. The maximum atomic E-state index is 13.7. The first kappa shape index (κ1) is 20.7. The second-order valence-corrected chi connectivity index (χ2v) is 8.54. The molecule has 2 aliphatic heterocycles. The van der Waals surface area contributed by atoms with Gasteiger partial charge in [0.1, 0.15) is 11.7 Å². The number of benzene rings is 3. The Morgan fingerprint density at radius 3 is 2.44 bits per heavy atom. The standard InChI is InChI=1S/C25H21BrN2O4/c1-2-31-20-14-7-6-13-19(20)27-24(29)21-22(16-9-8-10-17(26)15-16)28(32-23(21)25(27)30)18-11-4-3-5-12-18/h3-15,21-23H,2H2,1H3/t21-,22-,23+/m1/s1. The summed E-state index contributed by atoms with van der Waals surface area (Å²) >= 11 is 3.52. The molecule has 2 amide bonds. The molecule has 3 aromatic carbocycles. The Balaban J connectivity index is 1.59. The minimum atomic E-state index is -0.915. The topological polar surface area (TPSA) is 59.1 Å². The first-order valence-corrected chi connectivity index (χ1v) is 11.3.